The highest BCUT2D eigenvalue weighted by Crippen LogP contribution is 2.47. The maximum atomic E-state index is 12.8. The van der Waals surface area contributed by atoms with Gasteiger partial charge in [0.25, 0.3) is 0 Å². The Morgan fingerprint density at radius 2 is 0.911 bits per heavy atom. The van der Waals surface area contributed by atoms with E-state index in [9.17, 15) is 44.6 Å². The number of esters is 2. The van der Waals surface area contributed by atoms with Crippen molar-refractivity contribution in [1.29, 1.82) is 0 Å². The quantitative estimate of drug-likeness (QED) is 0.0154. The molecule has 13 nitrogen and oxygen atoms in total. The average Bonchev–Trinajstić information content (AvgIpc) is 3.18. The zero-order chi connectivity index (χ0) is 41.4. The third-order valence-electron chi connectivity index (χ3n) is 10.4. The van der Waals surface area contributed by atoms with Crippen molar-refractivity contribution in [2.24, 2.45) is 0 Å². The number of rotatable bonds is 36. The monoisotopic (exact) mass is 823 g/mol. The lowest BCUT2D eigenvalue weighted by atomic mass is 9.85. The van der Waals surface area contributed by atoms with Crippen LogP contribution in [0.5, 0.6) is 0 Å². The van der Waals surface area contributed by atoms with E-state index in [0.29, 0.717) is 12.8 Å². The third-order valence-corrected chi connectivity index (χ3v) is 11.3. The molecule has 1 saturated carbocycles. The first-order valence-electron chi connectivity index (χ1n) is 22.0. The van der Waals surface area contributed by atoms with Gasteiger partial charge in [0, 0.05) is 12.8 Å². The van der Waals surface area contributed by atoms with E-state index < -0.39 is 75.7 Å². The molecule has 14 heteroatoms. The van der Waals surface area contributed by atoms with Gasteiger partial charge in [0.2, 0.25) is 0 Å². The van der Waals surface area contributed by atoms with Crippen LogP contribution in [0, 0.1) is 0 Å². The van der Waals surface area contributed by atoms with Crippen LogP contribution in [0.15, 0.2) is 12.2 Å². The molecule has 0 aromatic carbocycles. The Morgan fingerprint density at radius 3 is 1.36 bits per heavy atom. The van der Waals surface area contributed by atoms with E-state index in [2.05, 4.69) is 26.0 Å². The van der Waals surface area contributed by atoms with Gasteiger partial charge in [-0.05, 0) is 38.5 Å². The van der Waals surface area contributed by atoms with Crippen LogP contribution < -0.4 is 0 Å². The maximum Gasteiger partial charge on any atom is 0.472 e. The normalized spacial score (nSPS) is 22.9. The highest BCUT2D eigenvalue weighted by atomic mass is 31.2. The molecule has 6 unspecified atom stereocenters. The standard InChI is InChI=1S/C42H79O13P/c1-3-5-7-9-11-13-15-17-18-19-21-22-24-26-28-30-35(43)52-32-34(54-36(44)31-29-27-25-23-20-16-14-12-10-8-6-4-2)33-53-56(50,51)55-42-40(48)38(46)37(45)39(47)41(42)49/h17-18,34,37-42,45-49H,3-16,19-33H2,1-2H3,(H,50,51)/b18-17-/t34-,37?,38-,39?,40?,41?,42?/m1/s1. The molecule has 56 heavy (non-hydrogen) atoms. The fourth-order valence-electron chi connectivity index (χ4n) is 6.75. The maximum absolute atomic E-state index is 12.8. The second-order valence-corrected chi connectivity index (χ2v) is 17.0. The van der Waals surface area contributed by atoms with E-state index in [1.165, 1.54) is 83.5 Å². The van der Waals surface area contributed by atoms with E-state index in [1.807, 2.05) is 0 Å². The Bertz CT molecular complexity index is 1040. The SMILES string of the molecule is CCCCCCCC/C=C\CCCCCCCC(=O)OC[C@H](COP(=O)(O)OC1C(O)C(O)C(O)[C@@H](O)C1O)OC(=O)CCCCCCCCCCCCCC. The van der Waals surface area contributed by atoms with Gasteiger partial charge in [-0.15, -0.1) is 0 Å². The van der Waals surface area contributed by atoms with Crippen molar-refractivity contribution < 1.29 is 63.1 Å². The highest BCUT2D eigenvalue weighted by Gasteiger charge is 2.51. The first-order chi connectivity index (χ1) is 26.9. The number of hydrogen-bond donors (Lipinski definition) is 6. The molecule has 0 radical (unpaired) electrons. The minimum atomic E-state index is -5.11. The number of phosphoric ester groups is 1. The van der Waals surface area contributed by atoms with Gasteiger partial charge in [-0.3, -0.25) is 18.6 Å². The smallest absolute Gasteiger partial charge is 0.462 e. The van der Waals surface area contributed by atoms with E-state index in [1.54, 1.807) is 0 Å². The summed E-state index contributed by atoms with van der Waals surface area (Å²) in [4.78, 5) is 35.6. The van der Waals surface area contributed by atoms with Crippen LogP contribution in [0.1, 0.15) is 187 Å². The summed E-state index contributed by atoms with van der Waals surface area (Å²) in [6.07, 6.45) is 19.9. The summed E-state index contributed by atoms with van der Waals surface area (Å²) in [5.41, 5.74) is 0. The van der Waals surface area contributed by atoms with E-state index in [0.717, 1.165) is 64.2 Å². The molecule has 0 aromatic heterocycles. The molecule has 0 amide bonds. The lowest BCUT2D eigenvalue weighted by Crippen LogP contribution is -2.64. The van der Waals surface area contributed by atoms with Crippen molar-refractivity contribution in [3.05, 3.63) is 12.2 Å². The number of carbonyl (C=O) groups is 2. The molecule has 1 aliphatic rings. The predicted octanol–water partition coefficient (Wildman–Crippen LogP) is 7.89. The molecule has 0 bridgehead atoms. The first kappa shape index (κ1) is 52.6. The largest absolute Gasteiger partial charge is 0.472 e. The van der Waals surface area contributed by atoms with Crippen LogP contribution in [-0.2, 0) is 32.7 Å². The number of phosphoric acid groups is 1. The van der Waals surface area contributed by atoms with E-state index in [-0.39, 0.29) is 12.8 Å². The van der Waals surface area contributed by atoms with Gasteiger partial charge in [0.15, 0.2) is 6.10 Å². The number of allylic oxidation sites excluding steroid dienone is 2. The second kappa shape index (κ2) is 33.4. The topological polar surface area (TPSA) is 210 Å². The minimum absolute atomic E-state index is 0.0998. The van der Waals surface area contributed by atoms with Gasteiger partial charge in [0.1, 0.15) is 43.2 Å². The lowest BCUT2D eigenvalue weighted by Gasteiger charge is -2.41. The van der Waals surface area contributed by atoms with Gasteiger partial charge in [-0.1, -0.05) is 148 Å². The molecule has 330 valence electrons. The van der Waals surface area contributed by atoms with Crippen LogP contribution in [-0.4, -0.2) is 98.3 Å². The molecule has 0 aliphatic heterocycles. The van der Waals surface area contributed by atoms with Gasteiger partial charge in [-0.2, -0.15) is 0 Å². The van der Waals surface area contributed by atoms with Crippen LogP contribution in [0.3, 0.4) is 0 Å². The summed E-state index contributed by atoms with van der Waals surface area (Å²) in [6, 6.07) is 0. The Labute approximate surface area is 337 Å². The van der Waals surface area contributed by atoms with Crippen molar-refractivity contribution in [2.45, 2.75) is 230 Å². The number of hydrogen-bond acceptors (Lipinski definition) is 12. The zero-order valence-electron chi connectivity index (χ0n) is 34.7. The number of aliphatic hydroxyl groups is 5. The number of aliphatic hydroxyl groups excluding tert-OH is 5. The summed E-state index contributed by atoms with van der Waals surface area (Å²) < 4.78 is 33.4. The molecule has 1 aliphatic carbocycles. The van der Waals surface area contributed by atoms with Crippen LogP contribution in [0.2, 0.25) is 0 Å². The molecule has 6 N–H and O–H groups in total. The summed E-state index contributed by atoms with van der Waals surface area (Å²) in [6.45, 7) is 3.27. The molecule has 1 fully saturated rings. The van der Waals surface area contributed by atoms with Crippen molar-refractivity contribution in [1.82, 2.24) is 0 Å². The summed E-state index contributed by atoms with van der Waals surface area (Å²) in [5, 5.41) is 50.0. The van der Waals surface area contributed by atoms with Gasteiger partial charge < -0.3 is 39.9 Å². The van der Waals surface area contributed by atoms with Crippen LogP contribution in [0.25, 0.3) is 0 Å². The average molecular weight is 823 g/mol. The van der Waals surface area contributed by atoms with Gasteiger partial charge in [-0.25, -0.2) is 4.57 Å². The Balaban J connectivity index is 2.48. The number of ether oxygens (including phenoxy) is 2. The predicted molar refractivity (Wildman–Crippen MR) is 217 cm³/mol. The van der Waals surface area contributed by atoms with E-state index >= 15 is 0 Å². The fourth-order valence-corrected chi connectivity index (χ4v) is 7.73. The first-order valence-corrected chi connectivity index (χ1v) is 23.5. The van der Waals surface area contributed by atoms with Crippen molar-refractivity contribution in [3.63, 3.8) is 0 Å². The van der Waals surface area contributed by atoms with Crippen LogP contribution >= 0.6 is 7.82 Å². The Hall–Kier alpha value is -1.41. The summed E-state index contributed by atoms with van der Waals surface area (Å²) >= 11 is 0. The summed E-state index contributed by atoms with van der Waals surface area (Å²) in [7, 11) is -5.11. The van der Waals surface area contributed by atoms with Gasteiger partial charge in [0.05, 0.1) is 6.61 Å². The molecule has 0 aromatic rings. The van der Waals surface area contributed by atoms with Crippen LogP contribution in [0.4, 0.5) is 0 Å². The Kier molecular flexibility index (Phi) is 31.4. The number of unbranched alkanes of at least 4 members (excludes halogenated alkanes) is 22. The Morgan fingerprint density at radius 1 is 0.536 bits per heavy atom. The fraction of sp³-hybridized carbons (Fsp3) is 0.905. The second-order valence-electron chi connectivity index (χ2n) is 15.6. The highest BCUT2D eigenvalue weighted by molar-refractivity contribution is 7.47. The molecule has 0 saturated heterocycles. The molecule has 0 heterocycles. The van der Waals surface area contributed by atoms with Crippen molar-refractivity contribution in [2.75, 3.05) is 13.2 Å². The molecule has 1 rings (SSSR count). The molecule has 8 atom stereocenters. The molecular formula is C42H79O13P. The zero-order valence-corrected chi connectivity index (χ0v) is 35.6. The van der Waals surface area contributed by atoms with Crippen molar-refractivity contribution >= 4 is 19.8 Å². The molecular weight excluding hydrogens is 743 g/mol. The summed E-state index contributed by atoms with van der Waals surface area (Å²) in [5.74, 6) is -1.10. The van der Waals surface area contributed by atoms with E-state index in [4.69, 9.17) is 18.5 Å². The minimum Gasteiger partial charge on any atom is -0.462 e. The molecule has 0 spiro atoms. The number of carbonyl (C=O) groups excluding carboxylic acids is 2. The van der Waals surface area contributed by atoms with Gasteiger partial charge >= 0.3 is 19.8 Å². The van der Waals surface area contributed by atoms with Crippen molar-refractivity contribution in [3.8, 4) is 0 Å². The third kappa shape index (κ3) is 25.8. The lowest BCUT2D eigenvalue weighted by molar-refractivity contribution is -0.220.